The number of carboxylic acid groups (broad SMARTS) is 1. The van der Waals surface area contributed by atoms with Crippen LogP contribution in [0, 0.1) is 12.7 Å². The molecule has 2 aromatic carbocycles. The monoisotopic (exact) mass is 273 g/mol. The van der Waals surface area contributed by atoms with Gasteiger partial charge in [-0.2, -0.15) is 0 Å². The first-order valence-electron chi connectivity index (χ1n) is 5.88. The quantitative estimate of drug-likeness (QED) is 0.903. The third kappa shape index (κ3) is 3.00. The molecule has 0 fully saturated rings. The lowest BCUT2D eigenvalue weighted by molar-refractivity contribution is 0.0696. The molecule has 0 aliphatic rings. The number of hydrogen-bond acceptors (Lipinski definition) is 2. The summed E-state index contributed by atoms with van der Waals surface area (Å²) in [6.07, 6.45) is 0. The van der Waals surface area contributed by atoms with Crippen molar-refractivity contribution < 1.29 is 19.1 Å². The largest absolute Gasteiger partial charge is 0.478 e. The van der Waals surface area contributed by atoms with E-state index in [1.165, 1.54) is 42.5 Å². The molecule has 0 aliphatic carbocycles. The van der Waals surface area contributed by atoms with Crippen molar-refractivity contribution in [3.8, 4) is 0 Å². The van der Waals surface area contributed by atoms with Crippen molar-refractivity contribution in [2.45, 2.75) is 6.92 Å². The summed E-state index contributed by atoms with van der Waals surface area (Å²) in [5.41, 5.74) is 1.64. The van der Waals surface area contributed by atoms with E-state index >= 15 is 0 Å². The molecule has 0 aromatic heterocycles. The third-order valence-corrected chi connectivity index (χ3v) is 2.83. The third-order valence-electron chi connectivity index (χ3n) is 2.83. The van der Waals surface area contributed by atoms with E-state index in [4.69, 9.17) is 5.11 Å². The number of nitrogens with one attached hydrogen (secondary N) is 1. The summed E-state index contributed by atoms with van der Waals surface area (Å²) in [6.45, 7) is 1.70. The number of amides is 1. The molecule has 0 heterocycles. The van der Waals surface area contributed by atoms with Crippen LogP contribution in [-0.4, -0.2) is 17.0 Å². The van der Waals surface area contributed by atoms with Gasteiger partial charge in [0.25, 0.3) is 5.91 Å². The summed E-state index contributed by atoms with van der Waals surface area (Å²) in [5.74, 6) is -1.82. The molecule has 1 amide bonds. The average molecular weight is 273 g/mol. The maximum absolute atomic E-state index is 12.8. The van der Waals surface area contributed by atoms with E-state index in [0.29, 0.717) is 16.8 Å². The van der Waals surface area contributed by atoms with Crippen molar-refractivity contribution in [2.24, 2.45) is 0 Å². The van der Waals surface area contributed by atoms with Crippen LogP contribution in [0.3, 0.4) is 0 Å². The molecule has 0 aliphatic heterocycles. The van der Waals surface area contributed by atoms with Crippen molar-refractivity contribution >= 4 is 17.6 Å². The molecule has 0 atom stereocenters. The van der Waals surface area contributed by atoms with Crippen molar-refractivity contribution in [3.05, 3.63) is 65.0 Å². The number of halogens is 1. The standard InChI is InChI=1S/C15H12FNO3/c1-9-8-11(15(19)20)4-7-13(9)17-14(18)10-2-5-12(16)6-3-10/h2-8H,1H3,(H,17,18)(H,19,20). The normalized spacial score (nSPS) is 10.1. The Bertz CT molecular complexity index is 665. The minimum absolute atomic E-state index is 0.155. The van der Waals surface area contributed by atoms with Gasteiger partial charge in [0.1, 0.15) is 5.82 Å². The molecule has 2 aromatic rings. The van der Waals surface area contributed by atoms with Gasteiger partial charge in [-0.05, 0) is 55.0 Å². The summed E-state index contributed by atoms with van der Waals surface area (Å²) < 4.78 is 12.8. The van der Waals surface area contributed by atoms with E-state index in [2.05, 4.69) is 5.32 Å². The molecule has 0 bridgehead atoms. The predicted octanol–water partition coefficient (Wildman–Crippen LogP) is 3.08. The van der Waals surface area contributed by atoms with Crippen LogP contribution in [0.15, 0.2) is 42.5 Å². The molecule has 5 heteroatoms. The molecule has 2 rings (SSSR count). The van der Waals surface area contributed by atoms with Gasteiger partial charge in [-0.15, -0.1) is 0 Å². The highest BCUT2D eigenvalue weighted by molar-refractivity contribution is 6.04. The first-order chi connectivity index (χ1) is 9.47. The fourth-order valence-electron chi connectivity index (χ4n) is 1.73. The number of anilines is 1. The van der Waals surface area contributed by atoms with E-state index in [-0.39, 0.29) is 11.5 Å². The highest BCUT2D eigenvalue weighted by Crippen LogP contribution is 2.17. The zero-order valence-electron chi connectivity index (χ0n) is 10.7. The first kappa shape index (κ1) is 13.7. The van der Waals surface area contributed by atoms with Crippen molar-refractivity contribution in [3.63, 3.8) is 0 Å². The van der Waals surface area contributed by atoms with Gasteiger partial charge in [0.05, 0.1) is 5.56 Å². The SMILES string of the molecule is Cc1cc(C(=O)O)ccc1NC(=O)c1ccc(F)cc1. The van der Waals surface area contributed by atoms with Gasteiger partial charge in [0.15, 0.2) is 0 Å². The lowest BCUT2D eigenvalue weighted by Gasteiger charge is -2.09. The number of benzene rings is 2. The number of carbonyl (C=O) groups excluding carboxylic acids is 1. The number of aryl methyl sites for hydroxylation is 1. The van der Waals surface area contributed by atoms with Crippen LogP contribution in [0.25, 0.3) is 0 Å². The van der Waals surface area contributed by atoms with E-state index < -0.39 is 11.8 Å². The Morgan fingerprint density at radius 1 is 1.05 bits per heavy atom. The second-order valence-electron chi connectivity index (χ2n) is 4.30. The Labute approximate surface area is 114 Å². The first-order valence-corrected chi connectivity index (χ1v) is 5.88. The molecule has 0 saturated heterocycles. The Balaban J connectivity index is 2.19. The Kier molecular flexibility index (Phi) is 3.79. The molecule has 20 heavy (non-hydrogen) atoms. The maximum Gasteiger partial charge on any atom is 0.335 e. The highest BCUT2D eigenvalue weighted by Gasteiger charge is 2.10. The van der Waals surface area contributed by atoms with E-state index in [0.717, 1.165) is 0 Å². The summed E-state index contributed by atoms with van der Waals surface area (Å²) in [6, 6.07) is 9.58. The minimum atomic E-state index is -1.02. The van der Waals surface area contributed by atoms with Crippen molar-refractivity contribution in [1.82, 2.24) is 0 Å². The Morgan fingerprint density at radius 3 is 2.20 bits per heavy atom. The molecular formula is C15H12FNO3. The molecule has 0 unspecified atom stereocenters. The topological polar surface area (TPSA) is 66.4 Å². The fourth-order valence-corrected chi connectivity index (χ4v) is 1.73. The van der Waals surface area contributed by atoms with Crippen LogP contribution < -0.4 is 5.32 Å². The van der Waals surface area contributed by atoms with Crippen molar-refractivity contribution in [1.29, 1.82) is 0 Å². The molecule has 0 spiro atoms. The van der Waals surface area contributed by atoms with Gasteiger partial charge in [0, 0.05) is 11.3 Å². The second kappa shape index (κ2) is 5.52. The zero-order valence-corrected chi connectivity index (χ0v) is 10.7. The summed E-state index contributed by atoms with van der Waals surface area (Å²) in [7, 11) is 0. The lowest BCUT2D eigenvalue weighted by Crippen LogP contribution is -2.13. The van der Waals surface area contributed by atoms with Crippen LogP contribution in [0.4, 0.5) is 10.1 Å². The maximum atomic E-state index is 12.8. The van der Waals surface area contributed by atoms with Crippen LogP contribution in [-0.2, 0) is 0 Å². The lowest BCUT2D eigenvalue weighted by atomic mass is 10.1. The summed E-state index contributed by atoms with van der Waals surface area (Å²) in [5, 5.41) is 11.5. The Morgan fingerprint density at radius 2 is 1.65 bits per heavy atom. The second-order valence-corrected chi connectivity index (χ2v) is 4.30. The minimum Gasteiger partial charge on any atom is -0.478 e. The molecule has 4 nitrogen and oxygen atoms in total. The van der Waals surface area contributed by atoms with E-state index in [1.807, 2.05) is 0 Å². The van der Waals surface area contributed by atoms with Gasteiger partial charge in [-0.25, -0.2) is 9.18 Å². The highest BCUT2D eigenvalue weighted by atomic mass is 19.1. The van der Waals surface area contributed by atoms with Gasteiger partial charge in [-0.3, -0.25) is 4.79 Å². The summed E-state index contributed by atoms with van der Waals surface area (Å²) in [4.78, 5) is 22.8. The Hall–Kier alpha value is -2.69. The predicted molar refractivity (Wildman–Crippen MR) is 72.5 cm³/mol. The van der Waals surface area contributed by atoms with Gasteiger partial charge >= 0.3 is 5.97 Å². The molecular weight excluding hydrogens is 261 g/mol. The number of rotatable bonds is 3. The van der Waals surface area contributed by atoms with Gasteiger partial charge in [0.2, 0.25) is 0 Å². The van der Waals surface area contributed by atoms with Crippen LogP contribution in [0.5, 0.6) is 0 Å². The fraction of sp³-hybridized carbons (Fsp3) is 0.0667. The number of aromatic carboxylic acids is 1. The molecule has 0 radical (unpaired) electrons. The number of carboxylic acids is 1. The van der Waals surface area contributed by atoms with Gasteiger partial charge < -0.3 is 10.4 Å². The smallest absolute Gasteiger partial charge is 0.335 e. The van der Waals surface area contributed by atoms with E-state index in [9.17, 15) is 14.0 Å². The number of carbonyl (C=O) groups is 2. The molecule has 102 valence electrons. The van der Waals surface area contributed by atoms with E-state index in [1.54, 1.807) is 6.92 Å². The van der Waals surface area contributed by atoms with Crippen LogP contribution in [0.2, 0.25) is 0 Å². The van der Waals surface area contributed by atoms with Crippen LogP contribution in [0.1, 0.15) is 26.3 Å². The molecule has 2 N–H and O–H groups in total. The number of hydrogen-bond donors (Lipinski definition) is 2. The van der Waals surface area contributed by atoms with Crippen molar-refractivity contribution in [2.75, 3.05) is 5.32 Å². The summed E-state index contributed by atoms with van der Waals surface area (Å²) >= 11 is 0. The van der Waals surface area contributed by atoms with Crippen LogP contribution >= 0.6 is 0 Å². The van der Waals surface area contributed by atoms with Gasteiger partial charge in [-0.1, -0.05) is 0 Å². The zero-order chi connectivity index (χ0) is 14.7. The average Bonchev–Trinajstić information content (AvgIpc) is 2.41. The molecule has 0 saturated carbocycles.